The van der Waals surface area contributed by atoms with Crippen molar-refractivity contribution in [3.05, 3.63) is 64.7 Å². The molecule has 1 saturated heterocycles. The molecule has 0 aliphatic carbocycles. The molecule has 1 unspecified atom stereocenters. The number of methoxy groups -OCH3 is 1. The van der Waals surface area contributed by atoms with Crippen molar-refractivity contribution in [1.82, 2.24) is 10.2 Å². The van der Waals surface area contributed by atoms with Crippen molar-refractivity contribution in [3.63, 3.8) is 0 Å². The van der Waals surface area contributed by atoms with Crippen molar-refractivity contribution in [2.45, 2.75) is 12.6 Å². The van der Waals surface area contributed by atoms with E-state index in [0.29, 0.717) is 0 Å². The van der Waals surface area contributed by atoms with Crippen molar-refractivity contribution in [3.8, 4) is 5.75 Å². The van der Waals surface area contributed by atoms with Crippen LogP contribution in [0.1, 0.15) is 17.2 Å². The Morgan fingerprint density at radius 3 is 2.72 bits per heavy atom. The van der Waals surface area contributed by atoms with E-state index >= 15 is 0 Å². The molecule has 2 aromatic carbocycles. The smallest absolute Gasteiger partial charge is 0.119 e. The van der Waals surface area contributed by atoms with E-state index in [0.717, 1.165) is 50.2 Å². The number of rotatable bonds is 7. The Bertz CT molecular complexity index is 674. The SMILES string of the molecule is COc1cccc(CNCC(c2ccccc2Cl)N2CCOCC2)c1. The second kappa shape index (κ2) is 9.20. The molecule has 0 radical (unpaired) electrons. The monoisotopic (exact) mass is 360 g/mol. The zero-order valence-corrected chi connectivity index (χ0v) is 15.3. The molecular formula is C20H25ClN2O2. The molecule has 1 fully saturated rings. The van der Waals surface area contributed by atoms with Crippen molar-refractivity contribution in [2.24, 2.45) is 0 Å². The third-order valence-corrected chi connectivity index (χ3v) is 4.90. The number of nitrogens with zero attached hydrogens (tertiary/aromatic N) is 1. The first-order chi connectivity index (χ1) is 12.3. The van der Waals surface area contributed by atoms with E-state index in [1.807, 2.05) is 24.3 Å². The minimum Gasteiger partial charge on any atom is -0.497 e. The van der Waals surface area contributed by atoms with E-state index in [1.165, 1.54) is 11.1 Å². The number of halogens is 1. The summed E-state index contributed by atoms with van der Waals surface area (Å²) < 4.78 is 10.8. The van der Waals surface area contributed by atoms with Crippen molar-refractivity contribution < 1.29 is 9.47 Å². The maximum Gasteiger partial charge on any atom is 0.119 e. The molecule has 0 aromatic heterocycles. The molecule has 134 valence electrons. The van der Waals surface area contributed by atoms with Gasteiger partial charge in [0, 0.05) is 37.2 Å². The molecule has 0 bridgehead atoms. The number of nitrogens with one attached hydrogen (secondary N) is 1. The van der Waals surface area contributed by atoms with Gasteiger partial charge in [0.1, 0.15) is 5.75 Å². The Morgan fingerprint density at radius 2 is 1.96 bits per heavy atom. The maximum atomic E-state index is 6.47. The lowest BCUT2D eigenvalue weighted by Gasteiger charge is -2.35. The summed E-state index contributed by atoms with van der Waals surface area (Å²) in [4.78, 5) is 2.45. The molecule has 1 heterocycles. The molecule has 1 aliphatic heterocycles. The van der Waals surface area contributed by atoms with E-state index < -0.39 is 0 Å². The van der Waals surface area contributed by atoms with Crippen LogP contribution in [0.4, 0.5) is 0 Å². The largest absolute Gasteiger partial charge is 0.497 e. The maximum absolute atomic E-state index is 6.47. The number of hydrogen-bond acceptors (Lipinski definition) is 4. The van der Waals surface area contributed by atoms with Crippen LogP contribution < -0.4 is 10.1 Å². The third-order valence-electron chi connectivity index (χ3n) is 4.55. The van der Waals surface area contributed by atoms with Crippen LogP contribution in [-0.2, 0) is 11.3 Å². The van der Waals surface area contributed by atoms with Crippen molar-refractivity contribution >= 4 is 11.6 Å². The summed E-state index contributed by atoms with van der Waals surface area (Å²) >= 11 is 6.47. The summed E-state index contributed by atoms with van der Waals surface area (Å²) in [6, 6.07) is 16.5. The van der Waals surface area contributed by atoms with Gasteiger partial charge in [-0.1, -0.05) is 41.9 Å². The van der Waals surface area contributed by atoms with E-state index in [4.69, 9.17) is 21.1 Å². The fourth-order valence-electron chi connectivity index (χ4n) is 3.21. The van der Waals surface area contributed by atoms with Gasteiger partial charge in [-0.3, -0.25) is 4.90 Å². The summed E-state index contributed by atoms with van der Waals surface area (Å²) in [6.45, 7) is 5.03. The lowest BCUT2D eigenvalue weighted by Crippen LogP contribution is -2.42. The van der Waals surface area contributed by atoms with Crippen LogP contribution in [0.5, 0.6) is 5.75 Å². The molecule has 1 atom stereocenters. The summed E-state index contributed by atoms with van der Waals surface area (Å²) in [6.07, 6.45) is 0. The highest BCUT2D eigenvalue weighted by atomic mass is 35.5. The average Bonchev–Trinajstić information content (AvgIpc) is 2.67. The van der Waals surface area contributed by atoms with Gasteiger partial charge >= 0.3 is 0 Å². The lowest BCUT2D eigenvalue weighted by atomic mass is 10.0. The molecule has 25 heavy (non-hydrogen) atoms. The lowest BCUT2D eigenvalue weighted by molar-refractivity contribution is 0.0161. The highest BCUT2D eigenvalue weighted by Crippen LogP contribution is 2.28. The number of ether oxygens (including phenoxy) is 2. The fourth-order valence-corrected chi connectivity index (χ4v) is 3.47. The van der Waals surface area contributed by atoms with E-state index in [-0.39, 0.29) is 6.04 Å². The van der Waals surface area contributed by atoms with Gasteiger partial charge in [-0.2, -0.15) is 0 Å². The molecule has 0 spiro atoms. The Labute approximate surface area is 154 Å². The highest BCUT2D eigenvalue weighted by Gasteiger charge is 2.23. The van der Waals surface area contributed by atoms with E-state index in [9.17, 15) is 0 Å². The first-order valence-corrected chi connectivity index (χ1v) is 9.05. The second-order valence-electron chi connectivity index (χ2n) is 6.17. The van der Waals surface area contributed by atoms with Crippen LogP contribution in [0.3, 0.4) is 0 Å². The molecular weight excluding hydrogens is 336 g/mol. The minimum atomic E-state index is 0.239. The molecule has 4 nitrogen and oxygen atoms in total. The minimum absolute atomic E-state index is 0.239. The number of benzene rings is 2. The van der Waals surface area contributed by atoms with Gasteiger partial charge in [-0.05, 0) is 29.3 Å². The molecule has 3 rings (SSSR count). The zero-order valence-electron chi connectivity index (χ0n) is 14.6. The quantitative estimate of drug-likeness (QED) is 0.819. The second-order valence-corrected chi connectivity index (χ2v) is 6.58. The molecule has 1 N–H and O–H groups in total. The zero-order chi connectivity index (χ0) is 17.5. The molecule has 2 aromatic rings. The van der Waals surface area contributed by atoms with Crippen LogP contribution in [-0.4, -0.2) is 44.9 Å². The first kappa shape index (κ1) is 18.2. The number of morpholine rings is 1. The molecule has 1 aliphatic rings. The Kier molecular flexibility index (Phi) is 6.70. The highest BCUT2D eigenvalue weighted by molar-refractivity contribution is 6.31. The Balaban J connectivity index is 1.68. The van der Waals surface area contributed by atoms with Gasteiger partial charge in [-0.25, -0.2) is 0 Å². The van der Waals surface area contributed by atoms with E-state index in [1.54, 1.807) is 7.11 Å². The third kappa shape index (κ3) is 4.95. The fraction of sp³-hybridized carbons (Fsp3) is 0.400. The van der Waals surface area contributed by atoms with Crippen LogP contribution >= 0.6 is 11.6 Å². The Hall–Kier alpha value is -1.59. The van der Waals surface area contributed by atoms with Crippen molar-refractivity contribution in [1.29, 1.82) is 0 Å². The standard InChI is InChI=1S/C20H25ClN2O2/c1-24-17-6-4-5-16(13-17)14-22-15-20(23-9-11-25-12-10-23)18-7-2-3-8-19(18)21/h2-8,13,20,22H,9-12,14-15H2,1H3. The predicted molar refractivity (Wildman–Crippen MR) is 101 cm³/mol. The molecule has 5 heteroatoms. The van der Waals surface area contributed by atoms with Gasteiger partial charge in [0.05, 0.1) is 20.3 Å². The summed E-state index contributed by atoms with van der Waals surface area (Å²) in [5.74, 6) is 0.884. The topological polar surface area (TPSA) is 33.7 Å². The predicted octanol–water partition coefficient (Wildman–Crippen LogP) is 3.51. The molecule has 0 amide bonds. The van der Waals surface area contributed by atoms with Crippen LogP contribution in [0, 0.1) is 0 Å². The van der Waals surface area contributed by atoms with E-state index in [2.05, 4.69) is 34.5 Å². The normalized spacial score (nSPS) is 16.6. The Morgan fingerprint density at radius 1 is 1.16 bits per heavy atom. The van der Waals surface area contributed by atoms with Crippen LogP contribution in [0.2, 0.25) is 5.02 Å². The summed E-state index contributed by atoms with van der Waals surface area (Å²) in [7, 11) is 1.69. The van der Waals surface area contributed by atoms with Gasteiger partial charge in [0.15, 0.2) is 0 Å². The van der Waals surface area contributed by atoms with Gasteiger partial charge in [0.2, 0.25) is 0 Å². The van der Waals surface area contributed by atoms with Crippen LogP contribution in [0.25, 0.3) is 0 Å². The first-order valence-electron chi connectivity index (χ1n) is 8.68. The summed E-state index contributed by atoms with van der Waals surface area (Å²) in [5.41, 5.74) is 2.38. The van der Waals surface area contributed by atoms with Gasteiger partial charge in [0.25, 0.3) is 0 Å². The van der Waals surface area contributed by atoms with Crippen LogP contribution in [0.15, 0.2) is 48.5 Å². The summed E-state index contributed by atoms with van der Waals surface area (Å²) in [5, 5.41) is 4.40. The molecule has 0 saturated carbocycles. The van der Waals surface area contributed by atoms with Gasteiger partial charge in [-0.15, -0.1) is 0 Å². The average molecular weight is 361 g/mol. The van der Waals surface area contributed by atoms with Gasteiger partial charge < -0.3 is 14.8 Å². The number of hydrogen-bond donors (Lipinski definition) is 1. The van der Waals surface area contributed by atoms with Crippen molar-refractivity contribution in [2.75, 3.05) is 40.0 Å².